The lowest BCUT2D eigenvalue weighted by atomic mass is 10.2. The standard InChI is InChI=1S/C23H20N2O3S2/c1-17-7-9-18(10-8-17)25(12-4-11-24)22(26)16-28-23(27)20(21-6-3-14-30-21)15-19-5-2-13-29-19/h2-3,5-10,13-15H,4,12,16H2,1H3/b20-15+. The highest BCUT2D eigenvalue weighted by atomic mass is 32.1. The highest BCUT2D eigenvalue weighted by molar-refractivity contribution is 7.12. The Bertz CT molecular complexity index is 1050. The summed E-state index contributed by atoms with van der Waals surface area (Å²) >= 11 is 2.95. The summed E-state index contributed by atoms with van der Waals surface area (Å²) in [5, 5.41) is 12.7. The highest BCUT2D eigenvalue weighted by Crippen LogP contribution is 2.26. The van der Waals surface area contributed by atoms with E-state index in [1.54, 1.807) is 6.08 Å². The third-order valence-corrected chi connectivity index (χ3v) is 5.98. The average molecular weight is 437 g/mol. The maximum atomic E-state index is 12.8. The summed E-state index contributed by atoms with van der Waals surface area (Å²) in [6.07, 6.45) is 1.96. The number of carbonyl (C=O) groups is 2. The number of rotatable bonds is 8. The number of carbonyl (C=O) groups excluding carboxylic acids is 2. The number of ether oxygens (including phenoxy) is 1. The zero-order valence-electron chi connectivity index (χ0n) is 16.4. The van der Waals surface area contributed by atoms with Crippen LogP contribution in [0.5, 0.6) is 0 Å². The maximum absolute atomic E-state index is 12.8. The minimum Gasteiger partial charge on any atom is -0.452 e. The molecule has 3 aromatic rings. The maximum Gasteiger partial charge on any atom is 0.340 e. The lowest BCUT2D eigenvalue weighted by molar-refractivity contribution is -0.142. The van der Waals surface area contributed by atoms with Crippen molar-refractivity contribution in [1.29, 1.82) is 5.26 Å². The number of thiophene rings is 2. The third-order valence-electron chi connectivity index (χ3n) is 4.26. The zero-order valence-corrected chi connectivity index (χ0v) is 18.0. The van der Waals surface area contributed by atoms with Crippen molar-refractivity contribution in [3.05, 3.63) is 74.6 Å². The van der Waals surface area contributed by atoms with Crippen molar-refractivity contribution in [2.24, 2.45) is 0 Å². The van der Waals surface area contributed by atoms with Gasteiger partial charge in [0.05, 0.1) is 18.1 Å². The molecule has 0 atom stereocenters. The first kappa shape index (κ1) is 21.5. The van der Waals surface area contributed by atoms with Gasteiger partial charge in [-0.1, -0.05) is 29.8 Å². The predicted molar refractivity (Wildman–Crippen MR) is 121 cm³/mol. The monoisotopic (exact) mass is 436 g/mol. The van der Waals surface area contributed by atoms with Gasteiger partial charge in [-0.2, -0.15) is 5.26 Å². The van der Waals surface area contributed by atoms with Crippen molar-refractivity contribution >= 4 is 51.9 Å². The molecule has 7 heteroatoms. The van der Waals surface area contributed by atoms with E-state index in [-0.39, 0.29) is 18.9 Å². The topological polar surface area (TPSA) is 70.4 Å². The molecular formula is C23H20N2O3S2. The van der Waals surface area contributed by atoms with Gasteiger partial charge < -0.3 is 9.64 Å². The van der Waals surface area contributed by atoms with Gasteiger partial charge in [0.2, 0.25) is 0 Å². The van der Waals surface area contributed by atoms with E-state index in [0.717, 1.165) is 15.3 Å². The Morgan fingerprint density at radius 3 is 2.47 bits per heavy atom. The third kappa shape index (κ3) is 5.66. The van der Waals surface area contributed by atoms with Gasteiger partial charge in [0.15, 0.2) is 6.61 Å². The van der Waals surface area contributed by atoms with E-state index in [1.165, 1.54) is 27.6 Å². The zero-order chi connectivity index (χ0) is 21.3. The number of nitriles is 1. The number of amides is 1. The largest absolute Gasteiger partial charge is 0.452 e. The molecule has 0 bridgehead atoms. The second-order valence-electron chi connectivity index (χ2n) is 6.42. The number of anilines is 1. The molecule has 30 heavy (non-hydrogen) atoms. The molecule has 0 aliphatic rings. The summed E-state index contributed by atoms with van der Waals surface area (Å²) in [6, 6.07) is 17.0. The predicted octanol–water partition coefficient (Wildman–Crippen LogP) is 5.15. The normalized spacial score (nSPS) is 11.0. The van der Waals surface area contributed by atoms with Crippen LogP contribution in [-0.2, 0) is 14.3 Å². The van der Waals surface area contributed by atoms with E-state index in [9.17, 15) is 9.59 Å². The SMILES string of the molecule is Cc1ccc(N(CCC#N)C(=O)COC(=O)/C(=C/c2cccs2)c2cccs2)cc1. The molecule has 0 N–H and O–H groups in total. The van der Waals surface area contributed by atoms with Crippen LogP contribution < -0.4 is 4.90 Å². The molecule has 0 fully saturated rings. The van der Waals surface area contributed by atoms with Gasteiger partial charge in [-0.25, -0.2) is 4.79 Å². The fraction of sp³-hybridized carbons (Fsp3) is 0.174. The van der Waals surface area contributed by atoms with E-state index in [2.05, 4.69) is 6.07 Å². The molecule has 2 heterocycles. The molecule has 1 aromatic carbocycles. The Morgan fingerprint density at radius 1 is 1.10 bits per heavy atom. The number of aryl methyl sites for hydroxylation is 1. The van der Waals surface area contributed by atoms with E-state index >= 15 is 0 Å². The summed E-state index contributed by atoms with van der Waals surface area (Å²) in [4.78, 5) is 28.8. The minimum atomic E-state index is -0.552. The fourth-order valence-electron chi connectivity index (χ4n) is 2.75. The van der Waals surface area contributed by atoms with Gasteiger partial charge in [0, 0.05) is 22.0 Å². The van der Waals surface area contributed by atoms with Crippen LogP contribution in [0.25, 0.3) is 11.6 Å². The van der Waals surface area contributed by atoms with Crippen molar-refractivity contribution in [2.75, 3.05) is 18.1 Å². The first-order chi connectivity index (χ1) is 14.6. The summed E-state index contributed by atoms with van der Waals surface area (Å²) in [5.74, 6) is -0.924. The van der Waals surface area contributed by atoms with Gasteiger partial charge >= 0.3 is 5.97 Å². The fourth-order valence-corrected chi connectivity index (χ4v) is 4.13. The van der Waals surface area contributed by atoms with Crippen LogP contribution in [0.15, 0.2) is 59.3 Å². The molecule has 0 unspecified atom stereocenters. The van der Waals surface area contributed by atoms with Gasteiger partial charge in [-0.3, -0.25) is 4.79 Å². The number of hydrogen-bond donors (Lipinski definition) is 0. The molecule has 2 aromatic heterocycles. The number of benzene rings is 1. The molecule has 0 aliphatic heterocycles. The Balaban J connectivity index is 1.74. The van der Waals surface area contributed by atoms with Crippen LogP contribution >= 0.6 is 22.7 Å². The highest BCUT2D eigenvalue weighted by Gasteiger charge is 2.20. The molecule has 0 aliphatic carbocycles. The van der Waals surface area contributed by atoms with Crippen molar-refractivity contribution in [1.82, 2.24) is 0 Å². The molecule has 0 radical (unpaired) electrons. The van der Waals surface area contributed by atoms with E-state index in [0.29, 0.717) is 11.3 Å². The molecular weight excluding hydrogens is 416 g/mol. The summed E-state index contributed by atoms with van der Waals surface area (Å²) < 4.78 is 5.37. The van der Waals surface area contributed by atoms with Gasteiger partial charge in [-0.15, -0.1) is 22.7 Å². The van der Waals surface area contributed by atoms with Gasteiger partial charge in [0.1, 0.15) is 0 Å². The van der Waals surface area contributed by atoms with Crippen LogP contribution in [0.4, 0.5) is 5.69 Å². The van der Waals surface area contributed by atoms with Crippen LogP contribution in [-0.4, -0.2) is 25.0 Å². The number of nitrogens with zero attached hydrogens (tertiary/aromatic N) is 2. The first-order valence-corrected chi connectivity index (χ1v) is 11.0. The smallest absolute Gasteiger partial charge is 0.340 e. The molecule has 5 nitrogen and oxygen atoms in total. The average Bonchev–Trinajstić information content (AvgIpc) is 3.46. The van der Waals surface area contributed by atoms with Crippen LogP contribution in [0, 0.1) is 18.3 Å². The Labute approximate surface area is 183 Å². The molecule has 0 spiro atoms. The van der Waals surface area contributed by atoms with Crippen LogP contribution in [0.3, 0.4) is 0 Å². The number of hydrogen-bond acceptors (Lipinski definition) is 6. The molecule has 1 amide bonds. The van der Waals surface area contributed by atoms with Crippen molar-refractivity contribution in [3.8, 4) is 6.07 Å². The van der Waals surface area contributed by atoms with E-state index in [1.807, 2.05) is 66.2 Å². The Hall–Kier alpha value is -3.21. The van der Waals surface area contributed by atoms with Crippen molar-refractivity contribution in [3.63, 3.8) is 0 Å². The van der Waals surface area contributed by atoms with Crippen LogP contribution in [0.2, 0.25) is 0 Å². The second kappa shape index (κ2) is 10.5. The number of esters is 1. The molecule has 3 rings (SSSR count). The Morgan fingerprint density at radius 2 is 1.83 bits per heavy atom. The Kier molecular flexibility index (Phi) is 7.55. The van der Waals surface area contributed by atoms with Crippen molar-refractivity contribution < 1.29 is 14.3 Å². The van der Waals surface area contributed by atoms with E-state index < -0.39 is 12.6 Å². The summed E-state index contributed by atoms with van der Waals surface area (Å²) in [7, 11) is 0. The van der Waals surface area contributed by atoms with Gasteiger partial charge in [0.25, 0.3) is 5.91 Å². The molecule has 0 saturated heterocycles. The van der Waals surface area contributed by atoms with E-state index in [4.69, 9.17) is 10.00 Å². The minimum absolute atomic E-state index is 0.187. The molecule has 152 valence electrons. The second-order valence-corrected chi connectivity index (χ2v) is 8.34. The quantitative estimate of drug-likeness (QED) is 0.362. The lowest BCUT2D eigenvalue weighted by Crippen LogP contribution is -2.35. The van der Waals surface area contributed by atoms with Crippen molar-refractivity contribution in [2.45, 2.75) is 13.3 Å². The summed E-state index contributed by atoms with van der Waals surface area (Å²) in [5.41, 5.74) is 2.15. The van der Waals surface area contributed by atoms with Gasteiger partial charge in [-0.05, 0) is 48.0 Å². The van der Waals surface area contributed by atoms with Crippen LogP contribution in [0.1, 0.15) is 21.7 Å². The first-order valence-electron chi connectivity index (χ1n) is 9.28. The molecule has 0 saturated carbocycles. The lowest BCUT2D eigenvalue weighted by Gasteiger charge is -2.22. The summed E-state index contributed by atoms with van der Waals surface area (Å²) in [6.45, 7) is 1.79.